The zero-order chi connectivity index (χ0) is 9.26. The highest BCUT2D eigenvalue weighted by atomic mass is 16.5. The van der Waals surface area contributed by atoms with E-state index in [1.165, 1.54) is 12.8 Å². The van der Waals surface area contributed by atoms with Crippen molar-refractivity contribution in [2.45, 2.75) is 44.6 Å². The Balaban J connectivity index is 1.96. The maximum atomic E-state index is 5.78. The largest absolute Gasteiger partial charge is 0.339 e. The van der Waals surface area contributed by atoms with Crippen LogP contribution >= 0.6 is 0 Å². The minimum absolute atomic E-state index is 0.157. The van der Waals surface area contributed by atoms with Gasteiger partial charge >= 0.3 is 0 Å². The lowest BCUT2D eigenvalue weighted by atomic mass is 10.2. The summed E-state index contributed by atoms with van der Waals surface area (Å²) in [5.41, 5.74) is 5.78. The van der Waals surface area contributed by atoms with Crippen LogP contribution < -0.4 is 5.73 Å². The second-order valence-electron chi connectivity index (χ2n) is 3.70. The number of nitrogens with two attached hydrogens (primary N) is 1. The normalized spacial score (nSPS) is 18.9. The average Bonchev–Trinajstić information content (AvgIpc) is 2.88. The molecule has 2 rings (SSSR count). The van der Waals surface area contributed by atoms with Crippen molar-refractivity contribution in [3.05, 3.63) is 11.7 Å². The Kier molecular flexibility index (Phi) is 2.31. The Bertz CT molecular complexity index is 280. The fraction of sp³-hybridized carbons (Fsp3) is 0.778. The van der Waals surface area contributed by atoms with E-state index in [0.29, 0.717) is 5.92 Å². The van der Waals surface area contributed by atoms with E-state index in [2.05, 4.69) is 17.1 Å². The maximum Gasteiger partial charge on any atom is 0.229 e. The summed E-state index contributed by atoms with van der Waals surface area (Å²) in [6, 6.07) is 0.157. The van der Waals surface area contributed by atoms with Crippen molar-refractivity contribution in [2.75, 3.05) is 0 Å². The number of nitrogens with zero attached hydrogens (tertiary/aromatic N) is 2. The molecule has 0 saturated heterocycles. The Morgan fingerprint density at radius 1 is 1.62 bits per heavy atom. The molecule has 1 atom stereocenters. The van der Waals surface area contributed by atoms with Gasteiger partial charge in [-0.1, -0.05) is 12.1 Å². The molecule has 1 unspecified atom stereocenters. The lowest BCUT2D eigenvalue weighted by molar-refractivity contribution is 0.372. The van der Waals surface area contributed by atoms with Crippen molar-refractivity contribution in [1.29, 1.82) is 0 Å². The fourth-order valence-electron chi connectivity index (χ4n) is 1.23. The van der Waals surface area contributed by atoms with Crippen LogP contribution in [-0.2, 0) is 6.42 Å². The molecule has 0 amide bonds. The molecule has 1 saturated carbocycles. The van der Waals surface area contributed by atoms with E-state index in [4.69, 9.17) is 10.3 Å². The van der Waals surface area contributed by atoms with Crippen molar-refractivity contribution in [2.24, 2.45) is 5.73 Å². The zero-order valence-electron chi connectivity index (χ0n) is 7.86. The van der Waals surface area contributed by atoms with Gasteiger partial charge in [0.1, 0.15) is 0 Å². The number of hydrogen-bond donors (Lipinski definition) is 1. The highest BCUT2D eigenvalue weighted by Gasteiger charge is 2.29. The van der Waals surface area contributed by atoms with E-state index in [-0.39, 0.29) is 6.04 Å². The van der Waals surface area contributed by atoms with Crippen molar-refractivity contribution in [3.8, 4) is 0 Å². The molecule has 2 N–H and O–H groups in total. The van der Waals surface area contributed by atoms with Gasteiger partial charge in [0.05, 0.1) is 0 Å². The summed E-state index contributed by atoms with van der Waals surface area (Å²) < 4.78 is 5.12. The van der Waals surface area contributed by atoms with Gasteiger partial charge in [-0.3, -0.25) is 0 Å². The van der Waals surface area contributed by atoms with E-state index in [0.717, 1.165) is 24.6 Å². The third-order valence-corrected chi connectivity index (χ3v) is 2.38. The van der Waals surface area contributed by atoms with E-state index in [1.54, 1.807) is 0 Å². The molecule has 1 aromatic rings. The SMILES string of the molecule is CCC(N)Cc1noc(C2CC2)n1. The zero-order valence-corrected chi connectivity index (χ0v) is 7.86. The van der Waals surface area contributed by atoms with Crippen LogP contribution in [0.3, 0.4) is 0 Å². The highest BCUT2D eigenvalue weighted by molar-refractivity contribution is 5.02. The minimum atomic E-state index is 0.157. The van der Waals surface area contributed by atoms with Crippen molar-refractivity contribution in [1.82, 2.24) is 10.1 Å². The van der Waals surface area contributed by atoms with E-state index < -0.39 is 0 Å². The van der Waals surface area contributed by atoms with Crippen LogP contribution in [0.15, 0.2) is 4.52 Å². The first-order valence-electron chi connectivity index (χ1n) is 4.87. The summed E-state index contributed by atoms with van der Waals surface area (Å²) in [5.74, 6) is 2.11. The number of hydrogen-bond acceptors (Lipinski definition) is 4. The molecular weight excluding hydrogens is 166 g/mol. The second kappa shape index (κ2) is 3.46. The summed E-state index contributed by atoms with van der Waals surface area (Å²) in [4.78, 5) is 4.30. The molecule has 1 aliphatic carbocycles. The van der Waals surface area contributed by atoms with Crippen LogP contribution in [-0.4, -0.2) is 16.2 Å². The second-order valence-corrected chi connectivity index (χ2v) is 3.70. The van der Waals surface area contributed by atoms with Crippen molar-refractivity contribution >= 4 is 0 Å². The van der Waals surface area contributed by atoms with Crippen LogP contribution in [0.4, 0.5) is 0 Å². The van der Waals surface area contributed by atoms with Crippen molar-refractivity contribution in [3.63, 3.8) is 0 Å². The number of aromatic nitrogens is 2. The first-order valence-corrected chi connectivity index (χ1v) is 4.87. The predicted octanol–water partition coefficient (Wildman–Crippen LogP) is 1.23. The van der Waals surface area contributed by atoms with Crippen LogP contribution in [0.5, 0.6) is 0 Å². The number of rotatable bonds is 4. The fourth-order valence-corrected chi connectivity index (χ4v) is 1.23. The topological polar surface area (TPSA) is 64.9 Å². The quantitative estimate of drug-likeness (QED) is 0.758. The molecule has 0 bridgehead atoms. The van der Waals surface area contributed by atoms with Gasteiger partial charge in [0.25, 0.3) is 0 Å². The third-order valence-electron chi connectivity index (χ3n) is 2.38. The Hall–Kier alpha value is -0.900. The van der Waals surface area contributed by atoms with Gasteiger partial charge < -0.3 is 10.3 Å². The molecule has 0 spiro atoms. The predicted molar refractivity (Wildman–Crippen MR) is 48.2 cm³/mol. The third kappa shape index (κ3) is 2.06. The Morgan fingerprint density at radius 3 is 3.00 bits per heavy atom. The molecule has 4 nitrogen and oxygen atoms in total. The van der Waals surface area contributed by atoms with E-state index in [1.807, 2.05) is 0 Å². The maximum absolute atomic E-state index is 5.78. The van der Waals surface area contributed by atoms with Gasteiger partial charge in [0, 0.05) is 18.4 Å². The average molecular weight is 181 g/mol. The highest BCUT2D eigenvalue weighted by Crippen LogP contribution is 2.38. The van der Waals surface area contributed by atoms with Gasteiger partial charge in [-0.25, -0.2) is 0 Å². The monoisotopic (exact) mass is 181 g/mol. The lowest BCUT2D eigenvalue weighted by Gasteiger charge is -2.02. The molecule has 1 fully saturated rings. The Labute approximate surface area is 77.5 Å². The molecule has 13 heavy (non-hydrogen) atoms. The summed E-state index contributed by atoms with van der Waals surface area (Å²) in [6.07, 6.45) is 4.07. The minimum Gasteiger partial charge on any atom is -0.339 e. The standard InChI is InChI=1S/C9H15N3O/c1-2-7(10)5-8-11-9(13-12-8)6-3-4-6/h6-7H,2-5,10H2,1H3. The van der Waals surface area contributed by atoms with E-state index >= 15 is 0 Å². The summed E-state index contributed by atoms with van der Waals surface area (Å²) >= 11 is 0. The molecule has 4 heteroatoms. The molecule has 1 aromatic heterocycles. The van der Waals surface area contributed by atoms with Crippen LogP contribution in [0.1, 0.15) is 43.8 Å². The molecule has 72 valence electrons. The summed E-state index contributed by atoms with van der Waals surface area (Å²) in [5, 5.41) is 3.90. The molecule has 1 aliphatic rings. The van der Waals surface area contributed by atoms with E-state index in [9.17, 15) is 0 Å². The van der Waals surface area contributed by atoms with Gasteiger partial charge in [0.2, 0.25) is 5.89 Å². The smallest absolute Gasteiger partial charge is 0.229 e. The van der Waals surface area contributed by atoms with Crippen molar-refractivity contribution < 1.29 is 4.52 Å². The summed E-state index contributed by atoms with van der Waals surface area (Å²) in [7, 11) is 0. The molecule has 1 heterocycles. The lowest BCUT2D eigenvalue weighted by Crippen LogP contribution is -2.21. The van der Waals surface area contributed by atoms with Gasteiger partial charge in [-0.15, -0.1) is 0 Å². The van der Waals surface area contributed by atoms with Crippen LogP contribution in [0.2, 0.25) is 0 Å². The molecule has 0 radical (unpaired) electrons. The van der Waals surface area contributed by atoms with Gasteiger partial charge in [-0.2, -0.15) is 4.98 Å². The molecule has 0 aromatic carbocycles. The van der Waals surface area contributed by atoms with Gasteiger partial charge in [-0.05, 0) is 19.3 Å². The van der Waals surface area contributed by atoms with Crippen LogP contribution in [0.25, 0.3) is 0 Å². The first kappa shape index (κ1) is 8.69. The van der Waals surface area contributed by atoms with Gasteiger partial charge in [0.15, 0.2) is 5.82 Å². The van der Waals surface area contributed by atoms with Crippen LogP contribution in [0, 0.1) is 0 Å². The molecule has 0 aliphatic heterocycles. The summed E-state index contributed by atoms with van der Waals surface area (Å²) in [6.45, 7) is 2.06. The first-order chi connectivity index (χ1) is 6.29. The molecular formula is C9H15N3O. The Morgan fingerprint density at radius 2 is 2.38 bits per heavy atom.